The Kier molecular flexibility index (Phi) is 7.21. The second kappa shape index (κ2) is 9.38. The number of rotatable bonds is 7. The van der Waals surface area contributed by atoms with Crippen LogP contribution in [0.4, 0.5) is 11.4 Å². The standard InChI is InChI=1S/C20H24BrN3O2/c1-13(2)11-23-20(26)16-6-4-5-7-18(16)24-19(25)12-22-17-9-8-15(21)10-14(17)3/h4-10,13,22H,11-12H2,1-3H3,(H,23,26)(H,24,25). The molecule has 0 saturated carbocycles. The quantitative estimate of drug-likeness (QED) is 0.632. The van der Waals surface area contributed by atoms with Crippen LogP contribution in [-0.2, 0) is 4.79 Å². The number of anilines is 2. The fourth-order valence-electron chi connectivity index (χ4n) is 2.38. The Morgan fingerprint density at radius 1 is 1.08 bits per heavy atom. The molecule has 138 valence electrons. The van der Waals surface area contributed by atoms with Crippen molar-refractivity contribution in [1.29, 1.82) is 0 Å². The van der Waals surface area contributed by atoms with Crippen LogP contribution in [0.5, 0.6) is 0 Å². The van der Waals surface area contributed by atoms with Crippen molar-refractivity contribution in [3.05, 3.63) is 58.1 Å². The molecule has 2 amide bonds. The summed E-state index contributed by atoms with van der Waals surface area (Å²) in [6, 6.07) is 12.8. The molecule has 0 radical (unpaired) electrons. The molecular weight excluding hydrogens is 394 g/mol. The van der Waals surface area contributed by atoms with Crippen molar-refractivity contribution in [1.82, 2.24) is 5.32 Å². The van der Waals surface area contributed by atoms with Gasteiger partial charge < -0.3 is 16.0 Å². The SMILES string of the molecule is Cc1cc(Br)ccc1NCC(=O)Nc1ccccc1C(=O)NCC(C)C. The molecule has 2 aromatic carbocycles. The van der Waals surface area contributed by atoms with E-state index in [4.69, 9.17) is 0 Å². The summed E-state index contributed by atoms with van der Waals surface area (Å²) in [7, 11) is 0. The van der Waals surface area contributed by atoms with Gasteiger partial charge in [0, 0.05) is 16.7 Å². The molecule has 26 heavy (non-hydrogen) atoms. The van der Waals surface area contributed by atoms with E-state index in [1.165, 1.54) is 0 Å². The summed E-state index contributed by atoms with van der Waals surface area (Å²) in [6.45, 7) is 6.74. The van der Waals surface area contributed by atoms with Gasteiger partial charge in [-0.15, -0.1) is 0 Å². The second-order valence-corrected chi connectivity index (χ2v) is 7.43. The first-order valence-electron chi connectivity index (χ1n) is 8.54. The summed E-state index contributed by atoms with van der Waals surface area (Å²) in [4.78, 5) is 24.6. The number of carbonyl (C=O) groups is 2. The maximum atomic E-state index is 12.3. The van der Waals surface area contributed by atoms with Crippen LogP contribution in [0.3, 0.4) is 0 Å². The Bertz CT molecular complexity index is 790. The van der Waals surface area contributed by atoms with Gasteiger partial charge in [0.05, 0.1) is 17.8 Å². The van der Waals surface area contributed by atoms with E-state index in [0.717, 1.165) is 15.7 Å². The Morgan fingerprint density at radius 2 is 1.81 bits per heavy atom. The van der Waals surface area contributed by atoms with Crippen molar-refractivity contribution < 1.29 is 9.59 Å². The van der Waals surface area contributed by atoms with Crippen LogP contribution in [-0.4, -0.2) is 24.9 Å². The summed E-state index contributed by atoms with van der Waals surface area (Å²) in [5.41, 5.74) is 2.90. The normalized spacial score (nSPS) is 10.5. The zero-order valence-corrected chi connectivity index (χ0v) is 16.8. The van der Waals surface area contributed by atoms with Gasteiger partial charge in [-0.05, 0) is 48.7 Å². The van der Waals surface area contributed by atoms with Crippen LogP contribution >= 0.6 is 15.9 Å². The number of aryl methyl sites for hydroxylation is 1. The van der Waals surface area contributed by atoms with Crippen molar-refractivity contribution in [2.45, 2.75) is 20.8 Å². The van der Waals surface area contributed by atoms with Crippen LogP contribution in [0.15, 0.2) is 46.9 Å². The number of carbonyl (C=O) groups excluding carboxylic acids is 2. The first-order chi connectivity index (χ1) is 12.4. The third-order valence-electron chi connectivity index (χ3n) is 3.74. The van der Waals surface area contributed by atoms with E-state index < -0.39 is 0 Å². The lowest BCUT2D eigenvalue weighted by Gasteiger charge is -2.13. The molecule has 5 nitrogen and oxygen atoms in total. The summed E-state index contributed by atoms with van der Waals surface area (Å²) < 4.78 is 0.992. The molecule has 0 heterocycles. The molecule has 0 atom stereocenters. The summed E-state index contributed by atoms with van der Waals surface area (Å²) >= 11 is 3.42. The van der Waals surface area contributed by atoms with Crippen LogP contribution in [0.2, 0.25) is 0 Å². The van der Waals surface area contributed by atoms with Gasteiger partial charge in [0.2, 0.25) is 5.91 Å². The molecule has 0 aliphatic carbocycles. The molecule has 0 spiro atoms. The molecule has 0 aliphatic rings. The van der Waals surface area contributed by atoms with Crippen molar-refractivity contribution in [2.75, 3.05) is 23.7 Å². The van der Waals surface area contributed by atoms with Gasteiger partial charge in [0.15, 0.2) is 0 Å². The number of benzene rings is 2. The minimum atomic E-state index is -0.212. The van der Waals surface area contributed by atoms with E-state index in [1.54, 1.807) is 24.3 Å². The zero-order chi connectivity index (χ0) is 19.1. The molecule has 0 fully saturated rings. The van der Waals surface area contributed by atoms with Gasteiger partial charge in [-0.2, -0.15) is 0 Å². The highest BCUT2D eigenvalue weighted by Gasteiger charge is 2.13. The molecule has 0 aromatic heterocycles. The van der Waals surface area contributed by atoms with Crippen LogP contribution in [0.1, 0.15) is 29.8 Å². The molecule has 0 bridgehead atoms. The number of hydrogen-bond acceptors (Lipinski definition) is 3. The van der Waals surface area contributed by atoms with Crippen LogP contribution < -0.4 is 16.0 Å². The summed E-state index contributed by atoms with van der Waals surface area (Å²) in [5.74, 6) is -0.0400. The predicted molar refractivity (Wildman–Crippen MR) is 110 cm³/mol. The monoisotopic (exact) mass is 417 g/mol. The van der Waals surface area contributed by atoms with E-state index in [1.807, 2.05) is 39.0 Å². The molecule has 2 aromatic rings. The Labute approximate surface area is 162 Å². The van der Waals surface area contributed by atoms with Crippen molar-refractivity contribution in [3.8, 4) is 0 Å². The average Bonchev–Trinajstić information content (AvgIpc) is 2.59. The van der Waals surface area contributed by atoms with E-state index in [9.17, 15) is 9.59 Å². The lowest BCUT2D eigenvalue weighted by molar-refractivity contribution is -0.114. The number of hydrogen-bond donors (Lipinski definition) is 3. The van der Waals surface area contributed by atoms with Gasteiger partial charge in [-0.1, -0.05) is 41.9 Å². The highest BCUT2D eigenvalue weighted by atomic mass is 79.9. The highest BCUT2D eigenvalue weighted by molar-refractivity contribution is 9.10. The third-order valence-corrected chi connectivity index (χ3v) is 4.24. The molecule has 2 rings (SSSR count). The van der Waals surface area contributed by atoms with Gasteiger partial charge in [-0.3, -0.25) is 9.59 Å². The fourth-order valence-corrected chi connectivity index (χ4v) is 2.85. The van der Waals surface area contributed by atoms with Crippen LogP contribution in [0, 0.1) is 12.8 Å². The fraction of sp³-hybridized carbons (Fsp3) is 0.300. The average molecular weight is 418 g/mol. The lowest BCUT2D eigenvalue weighted by atomic mass is 10.1. The minimum Gasteiger partial charge on any atom is -0.376 e. The van der Waals surface area contributed by atoms with Crippen LogP contribution in [0.25, 0.3) is 0 Å². The third kappa shape index (κ3) is 5.88. The van der Waals surface area contributed by atoms with Gasteiger partial charge >= 0.3 is 0 Å². The van der Waals surface area contributed by atoms with Gasteiger partial charge in [0.1, 0.15) is 0 Å². The Hall–Kier alpha value is -2.34. The number of amides is 2. The molecule has 3 N–H and O–H groups in total. The van der Waals surface area contributed by atoms with Gasteiger partial charge in [0.25, 0.3) is 5.91 Å². The number of halogens is 1. The maximum absolute atomic E-state index is 12.3. The van der Waals surface area contributed by atoms with Crippen molar-refractivity contribution in [3.63, 3.8) is 0 Å². The first kappa shape index (κ1) is 20.0. The summed E-state index contributed by atoms with van der Waals surface area (Å²) in [5, 5.41) is 8.80. The zero-order valence-electron chi connectivity index (χ0n) is 15.2. The highest BCUT2D eigenvalue weighted by Crippen LogP contribution is 2.20. The van der Waals surface area contributed by atoms with Crippen molar-refractivity contribution in [2.24, 2.45) is 5.92 Å². The Balaban J connectivity index is 1.99. The van der Waals surface area contributed by atoms with E-state index in [2.05, 4.69) is 31.9 Å². The molecule has 0 unspecified atom stereocenters. The Morgan fingerprint density at radius 3 is 2.50 bits per heavy atom. The van der Waals surface area contributed by atoms with E-state index >= 15 is 0 Å². The predicted octanol–water partition coefficient (Wildman–Crippen LogP) is 4.19. The summed E-state index contributed by atoms with van der Waals surface area (Å²) in [6.07, 6.45) is 0. The van der Waals surface area contributed by atoms with E-state index in [-0.39, 0.29) is 18.4 Å². The number of para-hydroxylation sites is 1. The van der Waals surface area contributed by atoms with E-state index in [0.29, 0.717) is 23.7 Å². The molecule has 6 heteroatoms. The molecule has 0 saturated heterocycles. The van der Waals surface area contributed by atoms with Crippen molar-refractivity contribution >= 4 is 39.1 Å². The first-order valence-corrected chi connectivity index (χ1v) is 9.33. The lowest BCUT2D eigenvalue weighted by Crippen LogP contribution is -2.29. The largest absolute Gasteiger partial charge is 0.376 e. The molecule has 0 aliphatic heterocycles. The van der Waals surface area contributed by atoms with Gasteiger partial charge in [-0.25, -0.2) is 0 Å². The molecular formula is C20H24BrN3O2. The minimum absolute atomic E-state index is 0.115. The topological polar surface area (TPSA) is 70.2 Å². The number of nitrogens with one attached hydrogen (secondary N) is 3. The maximum Gasteiger partial charge on any atom is 0.253 e. The smallest absolute Gasteiger partial charge is 0.253 e. The second-order valence-electron chi connectivity index (χ2n) is 6.51.